The molecule has 0 bridgehead atoms. The lowest BCUT2D eigenvalue weighted by atomic mass is 10.1. The van der Waals surface area contributed by atoms with Crippen LogP contribution in [0.5, 0.6) is 0 Å². The van der Waals surface area contributed by atoms with Crippen LogP contribution in [0.25, 0.3) is 0 Å². The van der Waals surface area contributed by atoms with E-state index in [4.69, 9.17) is 12.2 Å². The number of thiophene rings is 1. The normalized spacial score (nSPS) is 10.2. The summed E-state index contributed by atoms with van der Waals surface area (Å²) in [5, 5.41) is 3.42. The van der Waals surface area contributed by atoms with Crippen LogP contribution >= 0.6 is 23.6 Å². The number of hydrogen-bond acceptors (Lipinski definition) is 3. The van der Waals surface area contributed by atoms with Gasteiger partial charge in [0.2, 0.25) is 0 Å². The highest BCUT2D eigenvalue weighted by Crippen LogP contribution is 2.22. The molecule has 4 nitrogen and oxygen atoms in total. The first-order valence-electron chi connectivity index (χ1n) is 7.59. The maximum atomic E-state index is 12.1. The van der Waals surface area contributed by atoms with Crippen LogP contribution in [0.2, 0.25) is 0 Å². The predicted octanol–water partition coefficient (Wildman–Crippen LogP) is 3.81. The van der Waals surface area contributed by atoms with Gasteiger partial charge in [-0.05, 0) is 61.3 Å². The van der Waals surface area contributed by atoms with Gasteiger partial charge in [0.15, 0.2) is 5.11 Å². The van der Waals surface area contributed by atoms with Crippen molar-refractivity contribution in [2.75, 3.05) is 5.32 Å². The van der Waals surface area contributed by atoms with Gasteiger partial charge in [0.1, 0.15) is 0 Å². The van der Waals surface area contributed by atoms with Gasteiger partial charge in [0.05, 0.1) is 4.88 Å². The largest absolute Gasteiger partial charge is 0.331 e. The summed E-state index contributed by atoms with van der Waals surface area (Å²) in [5.74, 6) is -0.177. The summed E-state index contributed by atoms with van der Waals surface area (Å²) in [6.07, 6.45) is 1.90. The highest BCUT2D eigenvalue weighted by Gasteiger charge is 2.11. The van der Waals surface area contributed by atoms with Crippen LogP contribution in [-0.2, 0) is 12.8 Å². The molecule has 0 unspecified atom stereocenters. The lowest BCUT2D eigenvalue weighted by molar-refractivity contribution is 0.0948. The highest BCUT2D eigenvalue weighted by atomic mass is 32.1. The zero-order chi connectivity index (χ0) is 16.8. The van der Waals surface area contributed by atoms with Crippen molar-refractivity contribution >= 4 is 40.3 Å². The number of benzene rings is 1. The number of amides is 1. The first-order chi connectivity index (χ1) is 11.0. The SMILES string of the molecule is CCc1cccc(NC(=S)NNC(=O)c2cc(C)c(CC)s2)c1. The van der Waals surface area contributed by atoms with Crippen LogP contribution in [-0.4, -0.2) is 11.0 Å². The van der Waals surface area contributed by atoms with E-state index in [1.54, 1.807) is 0 Å². The molecule has 0 saturated carbocycles. The summed E-state index contributed by atoms with van der Waals surface area (Å²) >= 11 is 6.72. The summed E-state index contributed by atoms with van der Waals surface area (Å²) < 4.78 is 0. The molecular formula is C17H21N3OS2. The lowest BCUT2D eigenvalue weighted by Crippen LogP contribution is -2.43. The topological polar surface area (TPSA) is 53.2 Å². The van der Waals surface area contributed by atoms with E-state index >= 15 is 0 Å². The minimum absolute atomic E-state index is 0.177. The van der Waals surface area contributed by atoms with Gasteiger partial charge >= 0.3 is 0 Å². The molecule has 3 N–H and O–H groups in total. The highest BCUT2D eigenvalue weighted by molar-refractivity contribution is 7.80. The first-order valence-corrected chi connectivity index (χ1v) is 8.81. The van der Waals surface area contributed by atoms with E-state index in [9.17, 15) is 4.79 Å². The molecule has 0 saturated heterocycles. The van der Waals surface area contributed by atoms with Gasteiger partial charge in [-0.25, -0.2) is 0 Å². The molecule has 0 fully saturated rings. The van der Waals surface area contributed by atoms with Gasteiger partial charge in [0, 0.05) is 10.6 Å². The standard InChI is InChI=1S/C17H21N3OS2/c1-4-12-7-6-8-13(10-12)18-17(22)20-19-16(21)15-9-11(3)14(5-2)23-15/h6-10H,4-5H2,1-3H3,(H,19,21)(H2,18,20,22). The van der Waals surface area contributed by atoms with Crippen molar-refractivity contribution in [1.82, 2.24) is 10.9 Å². The number of thiocarbonyl (C=S) groups is 1. The van der Waals surface area contributed by atoms with Gasteiger partial charge in [-0.15, -0.1) is 11.3 Å². The second-order valence-electron chi connectivity index (χ2n) is 5.16. The zero-order valence-electron chi connectivity index (χ0n) is 13.5. The molecule has 2 rings (SSSR count). The fourth-order valence-electron chi connectivity index (χ4n) is 2.19. The minimum Gasteiger partial charge on any atom is -0.331 e. The van der Waals surface area contributed by atoms with Gasteiger partial charge in [-0.1, -0.05) is 26.0 Å². The Morgan fingerprint density at radius 3 is 2.61 bits per heavy atom. The van der Waals surface area contributed by atoms with Crippen LogP contribution < -0.4 is 16.2 Å². The van der Waals surface area contributed by atoms with E-state index in [-0.39, 0.29) is 5.91 Å². The van der Waals surface area contributed by atoms with E-state index in [1.807, 2.05) is 31.2 Å². The Labute approximate surface area is 146 Å². The first kappa shape index (κ1) is 17.4. The Bertz CT molecular complexity index is 710. The maximum absolute atomic E-state index is 12.1. The molecule has 23 heavy (non-hydrogen) atoms. The molecule has 0 aliphatic heterocycles. The third-order valence-electron chi connectivity index (χ3n) is 3.45. The van der Waals surface area contributed by atoms with E-state index in [0.29, 0.717) is 9.99 Å². The third kappa shape index (κ3) is 4.77. The Hall–Kier alpha value is -1.92. The molecule has 122 valence electrons. The van der Waals surface area contributed by atoms with Gasteiger partial charge in [-0.2, -0.15) is 0 Å². The number of hydrazine groups is 1. The molecule has 0 radical (unpaired) electrons. The molecule has 0 spiro atoms. The molecule has 0 aliphatic carbocycles. The monoisotopic (exact) mass is 347 g/mol. The quantitative estimate of drug-likeness (QED) is 0.581. The number of aryl methyl sites for hydroxylation is 3. The van der Waals surface area contributed by atoms with Gasteiger partial charge < -0.3 is 5.32 Å². The smallest absolute Gasteiger partial charge is 0.279 e. The molecule has 2 aromatic rings. The van der Waals surface area contributed by atoms with Crippen molar-refractivity contribution in [3.8, 4) is 0 Å². The molecule has 1 aromatic heterocycles. The van der Waals surface area contributed by atoms with Crippen molar-refractivity contribution in [3.63, 3.8) is 0 Å². The van der Waals surface area contributed by atoms with E-state index in [0.717, 1.165) is 24.1 Å². The van der Waals surface area contributed by atoms with E-state index in [1.165, 1.54) is 21.8 Å². The maximum Gasteiger partial charge on any atom is 0.279 e. The fourth-order valence-corrected chi connectivity index (χ4v) is 3.37. The van der Waals surface area contributed by atoms with E-state index in [2.05, 4.69) is 36.1 Å². The molecule has 0 atom stereocenters. The number of anilines is 1. The number of carbonyl (C=O) groups excluding carboxylic acids is 1. The summed E-state index contributed by atoms with van der Waals surface area (Å²) in [5.41, 5.74) is 8.65. The van der Waals surface area contributed by atoms with Crippen molar-refractivity contribution in [2.45, 2.75) is 33.6 Å². The lowest BCUT2D eigenvalue weighted by Gasteiger charge is -2.11. The van der Waals surface area contributed by atoms with Crippen molar-refractivity contribution < 1.29 is 4.79 Å². The molecule has 1 heterocycles. The second kappa shape index (κ2) is 8.08. The summed E-state index contributed by atoms with van der Waals surface area (Å²) in [7, 11) is 0. The minimum atomic E-state index is -0.177. The fraction of sp³-hybridized carbons (Fsp3) is 0.294. The zero-order valence-corrected chi connectivity index (χ0v) is 15.2. The van der Waals surface area contributed by atoms with E-state index < -0.39 is 0 Å². The second-order valence-corrected chi connectivity index (χ2v) is 6.70. The summed E-state index contributed by atoms with van der Waals surface area (Å²) in [6.45, 7) is 6.21. The Morgan fingerprint density at radius 2 is 1.96 bits per heavy atom. The van der Waals surface area contributed by atoms with Crippen LogP contribution in [0, 0.1) is 6.92 Å². The number of rotatable bonds is 4. The predicted molar refractivity (Wildman–Crippen MR) is 101 cm³/mol. The Morgan fingerprint density at radius 1 is 1.17 bits per heavy atom. The molecular weight excluding hydrogens is 326 g/mol. The van der Waals surface area contributed by atoms with Gasteiger partial charge in [-0.3, -0.25) is 15.6 Å². The molecule has 0 aliphatic rings. The third-order valence-corrected chi connectivity index (χ3v) is 5.03. The average molecular weight is 348 g/mol. The van der Waals surface area contributed by atoms with Crippen LogP contribution in [0.4, 0.5) is 5.69 Å². The van der Waals surface area contributed by atoms with Crippen molar-refractivity contribution in [1.29, 1.82) is 0 Å². The molecule has 1 amide bonds. The average Bonchev–Trinajstić information content (AvgIpc) is 2.93. The number of carbonyl (C=O) groups is 1. The summed E-state index contributed by atoms with van der Waals surface area (Å²) in [4.78, 5) is 14.0. The van der Waals surface area contributed by atoms with Crippen LogP contribution in [0.3, 0.4) is 0 Å². The summed E-state index contributed by atoms with van der Waals surface area (Å²) in [6, 6.07) is 9.91. The van der Waals surface area contributed by atoms with Crippen molar-refractivity contribution in [3.05, 3.63) is 51.2 Å². The molecule has 1 aromatic carbocycles. The Kier molecular flexibility index (Phi) is 6.12. The van der Waals surface area contributed by atoms with Gasteiger partial charge in [0.25, 0.3) is 5.91 Å². The Balaban J connectivity index is 1.89. The van der Waals surface area contributed by atoms with Crippen LogP contribution in [0.15, 0.2) is 30.3 Å². The van der Waals surface area contributed by atoms with Crippen LogP contribution in [0.1, 0.15) is 39.5 Å². The number of nitrogens with one attached hydrogen (secondary N) is 3. The molecule has 6 heteroatoms. The number of hydrogen-bond donors (Lipinski definition) is 3. The van der Waals surface area contributed by atoms with Crippen molar-refractivity contribution in [2.24, 2.45) is 0 Å².